The SMILES string of the molecule is Cc1cscc1CNc1ncc(Cl)cc1Br. The van der Waals surface area contributed by atoms with Crippen LogP contribution in [0.4, 0.5) is 5.82 Å². The third-order valence-corrected chi connectivity index (χ3v) is 3.94. The molecule has 0 aliphatic heterocycles. The zero-order valence-corrected chi connectivity index (χ0v) is 11.8. The number of nitrogens with zero attached hydrogens (tertiary/aromatic N) is 1. The van der Waals surface area contributed by atoms with Crippen molar-refractivity contribution in [2.45, 2.75) is 13.5 Å². The molecule has 2 nitrogen and oxygen atoms in total. The lowest BCUT2D eigenvalue weighted by atomic mass is 10.2. The summed E-state index contributed by atoms with van der Waals surface area (Å²) in [6.45, 7) is 2.89. The maximum atomic E-state index is 5.82. The number of hydrogen-bond donors (Lipinski definition) is 1. The van der Waals surface area contributed by atoms with Crippen molar-refractivity contribution in [3.63, 3.8) is 0 Å². The van der Waals surface area contributed by atoms with Gasteiger partial charge in [-0.2, -0.15) is 11.3 Å². The molecule has 2 aromatic heterocycles. The number of hydrogen-bond acceptors (Lipinski definition) is 3. The lowest BCUT2D eigenvalue weighted by Crippen LogP contribution is -2.02. The second-order valence-corrected chi connectivity index (χ2v) is 5.45. The number of nitrogens with one attached hydrogen (secondary N) is 1. The topological polar surface area (TPSA) is 24.9 Å². The van der Waals surface area contributed by atoms with Crippen LogP contribution in [-0.4, -0.2) is 4.98 Å². The first-order valence-corrected chi connectivity index (χ1v) is 6.85. The van der Waals surface area contributed by atoms with Gasteiger partial charge in [0, 0.05) is 12.7 Å². The molecule has 0 radical (unpaired) electrons. The molecule has 1 N–H and O–H groups in total. The molecule has 2 aromatic rings. The first-order valence-electron chi connectivity index (χ1n) is 4.73. The average Bonchev–Trinajstić information content (AvgIpc) is 2.63. The van der Waals surface area contributed by atoms with Crippen molar-refractivity contribution in [1.82, 2.24) is 4.98 Å². The van der Waals surface area contributed by atoms with Gasteiger partial charge >= 0.3 is 0 Å². The summed E-state index contributed by atoms with van der Waals surface area (Å²) in [5, 5.41) is 8.19. The number of rotatable bonds is 3. The van der Waals surface area contributed by atoms with Crippen molar-refractivity contribution < 1.29 is 0 Å². The molecule has 0 amide bonds. The van der Waals surface area contributed by atoms with Crippen LogP contribution in [0.3, 0.4) is 0 Å². The number of aryl methyl sites for hydroxylation is 1. The van der Waals surface area contributed by atoms with Crippen molar-refractivity contribution in [3.8, 4) is 0 Å². The minimum Gasteiger partial charge on any atom is -0.365 e. The monoisotopic (exact) mass is 316 g/mol. The predicted octanol–water partition coefficient (Wildman–Crippen LogP) is 4.48. The Morgan fingerprint density at radius 3 is 2.94 bits per heavy atom. The summed E-state index contributed by atoms with van der Waals surface area (Å²) in [6.07, 6.45) is 1.63. The molecular formula is C11H10BrClN2S. The molecule has 0 saturated heterocycles. The lowest BCUT2D eigenvalue weighted by molar-refractivity contribution is 1.10. The first kappa shape index (κ1) is 11.9. The third-order valence-electron chi connectivity index (χ3n) is 2.22. The highest BCUT2D eigenvalue weighted by molar-refractivity contribution is 9.10. The van der Waals surface area contributed by atoms with E-state index in [0.717, 1.165) is 16.8 Å². The van der Waals surface area contributed by atoms with Crippen LogP contribution in [0.25, 0.3) is 0 Å². The van der Waals surface area contributed by atoms with E-state index in [1.807, 2.05) is 6.07 Å². The quantitative estimate of drug-likeness (QED) is 0.903. The van der Waals surface area contributed by atoms with Gasteiger partial charge in [0.1, 0.15) is 5.82 Å². The van der Waals surface area contributed by atoms with Crippen LogP contribution in [0.1, 0.15) is 11.1 Å². The Kier molecular flexibility index (Phi) is 3.84. The summed E-state index contributed by atoms with van der Waals surface area (Å²) < 4.78 is 0.882. The normalized spacial score (nSPS) is 10.4. The van der Waals surface area contributed by atoms with E-state index < -0.39 is 0 Å². The van der Waals surface area contributed by atoms with Gasteiger partial charge < -0.3 is 5.32 Å². The molecule has 0 atom stereocenters. The Balaban J connectivity index is 2.08. The zero-order chi connectivity index (χ0) is 11.5. The van der Waals surface area contributed by atoms with Crippen molar-refractivity contribution >= 4 is 44.7 Å². The highest BCUT2D eigenvalue weighted by atomic mass is 79.9. The lowest BCUT2D eigenvalue weighted by Gasteiger charge is -2.07. The average molecular weight is 318 g/mol. The molecule has 0 fully saturated rings. The fraction of sp³-hybridized carbons (Fsp3) is 0.182. The molecule has 0 bridgehead atoms. The van der Waals surface area contributed by atoms with E-state index in [1.165, 1.54) is 11.1 Å². The second kappa shape index (κ2) is 5.17. The molecule has 0 aliphatic carbocycles. The van der Waals surface area contributed by atoms with Gasteiger partial charge in [0.25, 0.3) is 0 Å². The fourth-order valence-corrected chi connectivity index (χ4v) is 2.93. The van der Waals surface area contributed by atoms with Gasteiger partial charge in [-0.25, -0.2) is 4.98 Å². The molecule has 0 aliphatic rings. The minimum atomic E-state index is 0.629. The maximum Gasteiger partial charge on any atom is 0.140 e. The summed E-state index contributed by atoms with van der Waals surface area (Å²) >= 11 is 11.0. The Bertz CT molecular complexity index is 498. The van der Waals surface area contributed by atoms with Crippen LogP contribution in [0.15, 0.2) is 27.5 Å². The predicted molar refractivity (Wildman–Crippen MR) is 73.3 cm³/mol. The number of aromatic nitrogens is 1. The van der Waals surface area contributed by atoms with Crippen molar-refractivity contribution in [2.75, 3.05) is 5.32 Å². The van der Waals surface area contributed by atoms with Gasteiger partial charge in [-0.15, -0.1) is 0 Å². The van der Waals surface area contributed by atoms with Gasteiger partial charge in [0.15, 0.2) is 0 Å². The van der Waals surface area contributed by atoms with Crippen molar-refractivity contribution in [3.05, 3.63) is 43.6 Å². The van der Waals surface area contributed by atoms with Crippen LogP contribution in [-0.2, 0) is 6.54 Å². The molecule has 0 unspecified atom stereocenters. The first-order chi connectivity index (χ1) is 7.66. The molecule has 0 aromatic carbocycles. The van der Waals surface area contributed by atoms with Crippen LogP contribution in [0, 0.1) is 6.92 Å². The van der Waals surface area contributed by atoms with Crippen molar-refractivity contribution in [2.24, 2.45) is 0 Å². The van der Waals surface area contributed by atoms with Gasteiger partial charge in [-0.05, 0) is 50.8 Å². The Hall–Kier alpha value is -0.580. The highest BCUT2D eigenvalue weighted by Crippen LogP contribution is 2.24. The molecular weight excluding hydrogens is 308 g/mol. The van der Waals surface area contributed by atoms with E-state index in [4.69, 9.17) is 11.6 Å². The molecule has 2 heterocycles. The van der Waals surface area contributed by atoms with E-state index in [0.29, 0.717) is 5.02 Å². The fourth-order valence-electron chi connectivity index (χ4n) is 1.29. The van der Waals surface area contributed by atoms with E-state index in [1.54, 1.807) is 17.5 Å². The summed E-state index contributed by atoms with van der Waals surface area (Å²) in [4.78, 5) is 4.22. The second-order valence-electron chi connectivity index (χ2n) is 3.42. The summed E-state index contributed by atoms with van der Waals surface area (Å²) in [5.41, 5.74) is 2.61. The Labute approximate surface area is 112 Å². The van der Waals surface area contributed by atoms with Crippen LogP contribution < -0.4 is 5.32 Å². The molecule has 16 heavy (non-hydrogen) atoms. The number of halogens is 2. The highest BCUT2D eigenvalue weighted by Gasteiger charge is 2.03. The van der Waals surface area contributed by atoms with Crippen LogP contribution >= 0.6 is 38.9 Å². The van der Waals surface area contributed by atoms with Gasteiger partial charge in [0.05, 0.1) is 9.50 Å². The molecule has 2 rings (SSSR count). The van der Waals surface area contributed by atoms with Crippen LogP contribution in [0.2, 0.25) is 5.02 Å². The number of anilines is 1. The minimum absolute atomic E-state index is 0.629. The Morgan fingerprint density at radius 1 is 1.50 bits per heavy atom. The maximum absolute atomic E-state index is 5.82. The van der Waals surface area contributed by atoms with E-state index in [9.17, 15) is 0 Å². The molecule has 0 spiro atoms. The third kappa shape index (κ3) is 2.75. The standard InChI is InChI=1S/C11H10BrClN2S/c1-7-5-16-6-8(7)3-14-11-10(12)2-9(13)4-15-11/h2,4-6H,3H2,1H3,(H,14,15). The van der Waals surface area contributed by atoms with Gasteiger partial charge in [-0.3, -0.25) is 0 Å². The molecule has 5 heteroatoms. The van der Waals surface area contributed by atoms with E-state index in [-0.39, 0.29) is 0 Å². The molecule has 84 valence electrons. The molecule has 0 saturated carbocycles. The summed E-state index contributed by atoms with van der Waals surface area (Å²) in [6, 6.07) is 1.83. The van der Waals surface area contributed by atoms with Crippen molar-refractivity contribution in [1.29, 1.82) is 0 Å². The van der Waals surface area contributed by atoms with E-state index >= 15 is 0 Å². The number of pyridine rings is 1. The Morgan fingerprint density at radius 2 is 2.31 bits per heavy atom. The zero-order valence-electron chi connectivity index (χ0n) is 8.63. The summed E-state index contributed by atoms with van der Waals surface area (Å²) in [5.74, 6) is 0.815. The van der Waals surface area contributed by atoms with Crippen LogP contribution in [0.5, 0.6) is 0 Å². The number of thiophene rings is 1. The van der Waals surface area contributed by atoms with E-state index in [2.05, 4.69) is 43.9 Å². The summed E-state index contributed by atoms with van der Waals surface area (Å²) in [7, 11) is 0. The smallest absolute Gasteiger partial charge is 0.140 e. The van der Waals surface area contributed by atoms with Gasteiger partial charge in [0.2, 0.25) is 0 Å². The van der Waals surface area contributed by atoms with Gasteiger partial charge in [-0.1, -0.05) is 11.6 Å². The largest absolute Gasteiger partial charge is 0.365 e.